The van der Waals surface area contributed by atoms with Crippen LogP contribution in [0.5, 0.6) is 0 Å². The summed E-state index contributed by atoms with van der Waals surface area (Å²) in [7, 11) is 0. The molecule has 0 aliphatic heterocycles. The predicted molar refractivity (Wildman–Crippen MR) is 40.5 cm³/mol. The van der Waals surface area contributed by atoms with Crippen LogP contribution in [-0.2, 0) is 24.2 Å². The zero-order chi connectivity index (χ0) is 11.6. The summed E-state index contributed by atoms with van der Waals surface area (Å²) in [5, 5.41) is 23.3. The molecule has 0 amide bonds. The lowest BCUT2D eigenvalue weighted by Gasteiger charge is -1.95. The fourth-order valence-corrected chi connectivity index (χ4v) is 0.184. The molecule has 0 aromatic carbocycles. The van der Waals surface area contributed by atoms with E-state index in [0.29, 0.717) is 0 Å². The van der Waals surface area contributed by atoms with Gasteiger partial charge in [0.25, 0.3) is 5.97 Å². The van der Waals surface area contributed by atoms with Gasteiger partial charge in [-0.1, -0.05) is 0 Å². The quantitative estimate of drug-likeness (QED) is 0.305. The van der Waals surface area contributed by atoms with Crippen molar-refractivity contribution in [3.8, 4) is 0 Å². The molecule has 0 unspecified atom stereocenters. The summed E-state index contributed by atoms with van der Waals surface area (Å²) >= 11 is 0. The van der Waals surface area contributed by atoms with Crippen LogP contribution in [0.25, 0.3) is 0 Å². The number of carboxylic acids is 3. The maximum Gasteiger partial charge on any atom is 0.333 e. The molecule has 8 heteroatoms. The van der Waals surface area contributed by atoms with E-state index in [2.05, 4.69) is 9.78 Å². The van der Waals surface area contributed by atoms with Gasteiger partial charge in [0, 0.05) is 6.92 Å². The lowest BCUT2D eigenvalue weighted by molar-refractivity contribution is -0.289. The number of aliphatic carboxylic acids is 3. The second-order valence-electron chi connectivity index (χ2n) is 1.83. The third kappa shape index (κ3) is 31.7. The zero-order valence-electron chi connectivity index (χ0n) is 7.30. The molecular formula is C6H10O8. The highest BCUT2D eigenvalue weighted by molar-refractivity contribution is 5.68. The summed E-state index contributed by atoms with van der Waals surface area (Å²) in [5.74, 6) is -3.27. The Labute approximate surface area is 78.6 Å². The smallest absolute Gasteiger partial charge is 0.333 e. The fourth-order valence-electron chi connectivity index (χ4n) is 0.184. The Morgan fingerprint density at radius 3 is 1.29 bits per heavy atom. The number of carbonyl (C=O) groups is 3. The molecule has 82 valence electrons. The van der Waals surface area contributed by atoms with Gasteiger partial charge in [0.1, 0.15) is 0 Å². The molecule has 0 bridgehead atoms. The first-order valence-electron chi connectivity index (χ1n) is 3.23. The van der Waals surface area contributed by atoms with Crippen LogP contribution in [0.3, 0.4) is 0 Å². The first-order chi connectivity index (χ1) is 6.36. The number of hydrogen-bond donors (Lipinski definition) is 3. The monoisotopic (exact) mass is 210 g/mol. The van der Waals surface area contributed by atoms with Gasteiger partial charge in [-0.25, -0.2) is 19.4 Å². The molecule has 0 heterocycles. The van der Waals surface area contributed by atoms with E-state index in [0.717, 1.165) is 6.92 Å². The molecule has 0 saturated carbocycles. The molecule has 0 radical (unpaired) electrons. The summed E-state index contributed by atoms with van der Waals surface area (Å²) in [6.45, 7) is -0.236. The maximum atomic E-state index is 9.69. The standard InChI is InChI=1S/C4H6O6.C2H4O2/c5-3(6)1-9-10-2-4(7)8;1-2(3)4/h1-2H2,(H,5,6)(H,7,8);1H3,(H,3,4). The third-order valence-electron chi connectivity index (χ3n) is 0.448. The first-order valence-corrected chi connectivity index (χ1v) is 3.23. The average molecular weight is 210 g/mol. The van der Waals surface area contributed by atoms with E-state index in [4.69, 9.17) is 20.1 Å². The van der Waals surface area contributed by atoms with E-state index >= 15 is 0 Å². The van der Waals surface area contributed by atoms with Gasteiger partial charge in [-0.05, 0) is 0 Å². The Morgan fingerprint density at radius 1 is 0.929 bits per heavy atom. The summed E-state index contributed by atoms with van der Waals surface area (Å²) in [4.78, 5) is 36.2. The summed E-state index contributed by atoms with van der Waals surface area (Å²) < 4.78 is 0. The van der Waals surface area contributed by atoms with Crippen molar-refractivity contribution in [3.63, 3.8) is 0 Å². The molecule has 3 N–H and O–H groups in total. The minimum absolute atomic E-state index is 0.659. The van der Waals surface area contributed by atoms with Gasteiger partial charge >= 0.3 is 11.9 Å². The number of rotatable bonds is 5. The van der Waals surface area contributed by atoms with Gasteiger partial charge in [-0.15, -0.1) is 0 Å². The third-order valence-corrected chi connectivity index (χ3v) is 0.448. The molecule has 0 saturated heterocycles. The normalized spacial score (nSPS) is 8.36. The van der Waals surface area contributed by atoms with Crippen molar-refractivity contribution < 1.29 is 39.5 Å². The Balaban J connectivity index is 0. The van der Waals surface area contributed by atoms with Crippen LogP contribution >= 0.6 is 0 Å². The molecule has 0 rings (SSSR count). The van der Waals surface area contributed by atoms with Crippen molar-refractivity contribution in [3.05, 3.63) is 0 Å². The molecule has 14 heavy (non-hydrogen) atoms. The van der Waals surface area contributed by atoms with Crippen LogP contribution in [-0.4, -0.2) is 46.4 Å². The summed E-state index contributed by atoms with van der Waals surface area (Å²) in [5.41, 5.74) is 0. The average Bonchev–Trinajstić information content (AvgIpc) is 1.96. The Bertz CT molecular complexity index is 178. The number of carboxylic acid groups (broad SMARTS) is 3. The molecule has 0 spiro atoms. The van der Waals surface area contributed by atoms with E-state index in [9.17, 15) is 9.59 Å². The van der Waals surface area contributed by atoms with Gasteiger partial charge in [0.15, 0.2) is 13.2 Å². The molecule has 0 aromatic rings. The molecule has 0 aliphatic rings. The molecule has 0 fully saturated rings. The van der Waals surface area contributed by atoms with Gasteiger partial charge in [0.05, 0.1) is 0 Å². The van der Waals surface area contributed by atoms with Gasteiger partial charge in [-0.2, -0.15) is 0 Å². The summed E-state index contributed by atoms with van der Waals surface area (Å²) in [6.07, 6.45) is 0. The van der Waals surface area contributed by atoms with Crippen LogP contribution in [0.4, 0.5) is 0 Å². The van der Waals surface area contributed by atoms with E-state index < -0.39 is 31.1 Å². The van der Waals surface area contributed by atoms with E-state index in [1.54, 1.807) is 0 Å². The van der Waals surface area contributed by atoms with Crippen molar-refractivity contribution in [2.45, 2.75) is 6.92 Å². The highest BCUT2D eigenvalue weighted by Gasteiger charge is 1.99. The lowest BCUT2D eigenvalue weighted by Crippen LogP contribution is -2.12. The topological polar surface area (TPSA) is 130 Å². The molecule has 8 nitrogen and oxygen atoms in total. The number of hydrogen-bond acceptors (Lipinski definition) is 5. The first kappa shape index (κ1) is 14.8. The lowest BCUT2D eigenvalue weighted by atomic mass is 10.8. The van der Waals surface area contributed by atoms with Crippen LogP contribution in [0.1, 0.15) is 6.92 Å². The molecule has 0 atom stereocenters. The second kappa shape index (κ2) is 9.42. The van der Waals surface area contributed by atoms with Crippen molar-refractivity contribution in [1.29, 1.82) is 0 Å². The van der Waals surface area contributed by atoms with Crippen LogP contribution in [0, 0.1) is 0 Å². The summed E-state index contributed by atoms with van der Waals surface area (Å²) in [6, 6.07) is 0. The minimum Gasteiger partial charge on any atom is -0.481 e. The predicted octanol–water partition coefficient (Wildman–Crippen LogP) is -0.805. The molecule has 0 aromatic heterocycles. The van der Waals surface area contributed by atoms with E-state index in [-0.39, 0.29) is 0 Å². The van der Waals surface area contributed by atoms with Crippen molar-refractivity contribution in [1.82, 2.24) is 0 Å². The van der Waals surface area contributed by atoms with Crippen LogP contribution in [0.15, 0.2) is 0 Å². The Hall–Kier alpha value is -1.67. The molecular weight excluding hydrogens is 200 g/mol. The Kier molecular flexibility index (Phi) is 9.98. The Morgan fingerprint density at radius 2 is 1.14 bits per heavy atom. The highest BCUT2D eigenvalue weighted by Crippen LogP contribution is 1.77. The fraction of sp³-hybridized carbons (Fsp3) is 0.500. The highest BCUT2D eigenvalue weighted by atomic mass is 17.2. The van der Waals surface area contributed by atoms with Crippen molar-refractivity contribution in [2.75, 3.05) is 13.2 Å². The zero-order valence-corrected chi connectivity index (χ0v) is 7.30. The van der Waals surface area contributed by atoms with Gasteiger partial charge in [-0.3, -0.25) is 4.79 Å². The van der Waals surface area contributed by atoms with Crippen molar-refractivity contribution in [2.24, 2.45) is 0 Å². The maximum absolute atomic E-state index is 9.69. The van der Waals surface area contributed by atoms with Crippen LogP contribution < -0.4 is 0 Å². The van der Waals surface area contributed by atoms with Crippen molar-refractivity contribution >= 4 is 17.9 Å². The second-order valence-corrected chi connectivity index (χ2v) is 1.83. The largest absolute Gasteiger partial charge is 0.481 e. The van der Waals surface area contributed by atoms with E-state index in [1.165, 1.54) is 0 Å². The minimum atomic E-state index is -1.22. The van der Waals surface area contributed by atoms with E-state index in [1.807, 2.05) is 0 Å². The van der Waals surface area contributed by atoms with Gasteiger partial charge in [0.2, 0.25) is 0 Å². The molecule has 0 aliphatic carbocycles. The SMILES string of the molecule is CC(=O)O.O=C(O)COOCC(=O)O. The van der Waals surface area contributed by atoms with Crippen LogP contribution in [0.2, 0.25) is 0 Å². The van der Waals surface area contributed by atoms with Gasteiger partial charge < -0.3 is 15.3 Å².